The Morgan fingerprint density at radius 3 is 2.67 bits per heavy atom. The van der Waals surface area contributed by atoms with Gasteiger partial charge in [0.2, 0.25) is 5.91 Å². The summed E-state index contributed by atoms with van der Waals surface area (Å²) in [5.41, 5.74) is -0.0910. The van der Waals surface area contributed by atoms with Gasteiger partial charge in [-0.05, 0) is 25.7 Å². The molecular formula is C15H18F3N5O. The number of aryl methyl sites for hydroxylation is 1. The molecule has 0 radical (unpaired) electrons. The highest BCUT2D eigenvalue weighted by atomic mass is 19.4. The molecule has 1 aliphatic rings. The molecule has 2 heterocycles. The van der Waals surface area contributed by atoms with E-state index in [4.69, 9.17) is 0 Å². The lowest BCUT2D eigenvalue weighted by molar-refractivity contribution is -0.142. The van der Waals surface area contributed by atoms with Gasteiger partial charge in [-0.3, -0.25) is 14.2 Å². The Kier molecular flexibility index (Phi) is 4.33. The van der Waals surface area contributed by atoms with Gasteiger partial charge in [0.1, 0.15) is 6.54 Å². The molecule has 2 aromatic heterocycles. The smallest absolute Gasteiger partial charge is 0.308 e. The maximum Gasteiger partial charge on any atom is 0.435 e. The highest BCUT2D eigenvalue weighted by Gasteiger charge is 2.39. The van der Waals surface area contributed by atoms with E-state index >= 15 is 0 Å². The molecule has 3 rings (SSSR count). The van der Waals surface area contributed by atoms with Crippen molar-refractivity contribution in [1.29, 1.82) is 0 Å². The van der Waals surface area contributed by atoms with Gasteiger partial charge in [0.25, 0.3) is 0 Å². The van der Waals surface area contributed by atoms with Crippen LogP contribution in [0.2, 0.25) is 0 Å². The maximum absolute atomic E-state index is 13.2. The predicted molar refractivity (Wildman–Crippen MR) is 80.3 cm³/mol. The molecule has 1 aliphatic carbocycles. The summed E-state index contributed by atoms with van der Waals surface area (Å²) in [6.45, 7) is -0.255. The lowest BCUT2D eigenvalue weighted by atomic mass is 10.1. The molecule has 0 saturated carbocycles. The zero-order chi connectivity index (χ0) is 17.3. The monoisotopic (exact) mass is 341 g/mol. The summed E-state index contributed by atoms with van der Waals surface area (Å²) < 4.78 is 42.4. The molecular weight excluding hydrogens is 323 g/mol. The van der Waals surface area contributed by atoms with E-state index < -0.39 is 17.8 Å². The second kappa shape index (κ2) is 6.29. The van der Waals surface area contributed by atoms with Gasteiger partial charge in [-0.2, -0.15) is 23.4 Å². The first kappa shape index (κ1) is 16.5. The number of carbonyl (C=O) groups is 1. The van der Waals surface area contributed by atoms with Gasteiger partial charge in [-0.25, -0.2) is 0 Å². The summed E-state index contributed by atoms with van der Waals surface area (Å²) in [5.74, 6) is -0.0891. The number of carbonyl (C=O) groups excluding carboxylic acids is 1. The van der Waals surface area contributed by atoms with Crippen molar-refractivity contribution in [3.05, 3.63) is 29.2 Å². The van der Waals surface area contributed by atoms with Crippen molar-refractivity contribution in [3.63, 3.8) is 0 Å². The first-order valence-corrected chi connectivity index (χ1v) is 7.80. The molecule has 0 unspecified atom stereocenters. The number of alkyl halides is 3. The molecule has 1 amide bonds. The zero-order valence-electron chi connectivity index (χ0n) is 13.2. The van der Waals surface area contributed by atoms with Crippen molar-refractivity contribution < 1.29 is 18.0 Å². The fraction of sp³-hybridized carbons (Fsp3) is 0.533. The molecule has 0 aromatic carbocycles. The van der Waals surface area contributed by atoms with Crippen LogP contribution in [0.1, 0.15) is 36.2 Å². The topological polar surface area (TPSA) is 64.7 Å². The number of nitrogens with zero attached hydrogens (tertiary/aromatic N) is 4. The van der Waals surface area contributed by atoms with Crippen LogP contribution in [0.5, 0.6) is 0 Å². The predicted octanol–water partition coefficient (Wildman–Crippen LogP) is 2.54. The summed E-state index contributed by atoms with van der Waals surface area (Å²) in [4.78, 5) is 12.1. The summed E-state index contributed by atoms with van der Waals surface area (Å²) in [7, 11) is 1.71. The number of amides is 1. The van der Waals surface area contributed by atoms with Crippen LogP contribution in [0, 0.1) is 0 Å². The fourth-order valence-corrected chi connectivity index (χ4v) is 3.01. The highest BCUT2D eigenvalue weighted by Crippen LogP contribution is 2.35. The van der Waals surface area contributed by atoms with E-state index in [1.165, 1.54) is 9.36 Å². The summed E-state index contributed by atoms with van der Waals surface area (Å²) in [6.07, 6.45) is 0.418. The summed E-state index contributed by atoms with van der Waals surface area (Å²) in [6, 6.07) is 1.61. The van der Waals surface area contributed by atoms with Crippen molar-refractivity contribution in [2.75, 3.05) is 5.32 Å². The Labute approximate surface area is 136 Å². The SMILES string of the molecule is Cn1ccc(NC(=O)Cn2nc(C(F)(F)F)c3c2CCCCC3)n1. The molecule has 0 atom stereocenters. The Morgan fingerprint density at radius 2 is 2.00 bits per heavy atom. The van der Waals surface area contributed by atoms with E-state index in [1.54, 1.807) is 19.3 Å². The normalized spacial score (nSPS) is 15.0. The summed E-state index contributed by atoms with van der Waals surface area (Å²) >= 11 is 0. The average molecular weight is 341 g/mol. The third-order valence-corrected chi connectivity index (χ3v) is 4.05. The zero-order valence-corrected chi connectivity index (χ0v) is 13.2. The molecule has 6 nitrogen and oxygen atoms in total. The van der Waals surface area contributed by atoms with E-state index in [9.17, 15) is 18.0 Å². The van der Waals surface area contributed by atoms with Gasteiger partial charge in [0.15, 0.2) is 11.5 Å². The molecule has 9 heteroatoms. The first-order chi connectivity index (χ1) is 11.3. The molecule has 1 N–H and O–H groups in total. The largest absolute Gasteiger partial charge is 0.435 e. The van der Waals surface area contributed by atoms with Crippen LogP contribution in [0.4, 0.5) is 19.0 Å². The van der Waals surface area contributed by atoms with Gasteiger partial charge in [0.05, 0.1) is 0 Å². The lowest BCUT2D eigenvalue weighted by Gasteiger charge is -2.07. The Bertz CT molecular complexity index is 747. The van der Waals surface area contributed by atoms with Gasteiger partial charge in [-0.1, -0.05) is 6.42 Å². The number of aromatic nitrogens is 4. The fourth-order valence-electron chi connectivity index (χ4n) is 3.01. The van der Waals surface area contributed by atoms with Crippen LogP contribution < -0.4 is 5.32 Å². The number of halogens is 3. The van der Waals surface area contributed by atoms with Crippen molar-refractivity contribution in [2.24, 2.45) is 7.05 Å². The van der Waals surface area contributed by atoms with Gasteiger partial charge in [0, 0.05) is 30.6 Å². The molecule has 24 heavy (non-hydrogen) atoms. The first-order valence-electron chi connectivity index (χ1n) is 7.80. The second-order valence-corrected chi connectivity index (χ2v) is 5.91. The third-order valence-electron chi connectivity index (χ3n) is 4.05. The summed E-state index contributed by atoms with van der Waals surface area (Å²) in [5, 5.41) is 10.3. The number of hydrogen-bond donors (Lipinski definition) is 1. The van der Waals surface area contributed by atoms with Crippen LogP contribution in [0.25, 0.3) is 0 Å². The van der Waals surface area contributed by atoms with Crippen LogP contribution in [0.3, 0.4) is 0 Å². The molecule has 0 aliphatic heterocycles. The molecule has 0 bridgehead atoms. The number of fused-ring (bicyclic) bond motifs is 1. The standard InChI is InChI=1S/C15H18F3N5O/c1-22-8-7-12(20-22)19-13(24)9-23-11-6-4-2-3-5-10(11)14(21-23)15(16,17)18/h7-8H,2-6,9H2,1H3,(H,19,20,24). The number of anilines is 1. The highest BCUT2D eigenvalue weighted by molar-refractivity contribution is 5.89. The van der Waals surface area contributed by atoms with Crippen molar-refractivity contribution in [2.45, 2.75) is 44.8 Å². The molecule has 0 fully saturated rings. The van der Waals surface area contributed by atoms with E-state index in [0.29, 0.717) is 30.8 Å². The minimum atomic E-state index is -4.50. The maximum atomic E-state index is 13.2. The number of rotatable bonds is 3. The molecule has 2 aromatic rings. The molecule has 0 saturated heterocycles. The van der Waals surface area contributed by atoms with E-state index in [2.05, 4.69) is 15.5 Å². The molecule has 130 valence electrons. The quantitative estimate of drug-likeness (QED) is 0.873. The van der Waals surface area contributed by atoms with Crippen molar-refractivity contribution >= 4 is 11.7 Å². The van der Waals surface area contributed by atoms with E-state index in [-0.39, 0.29) is 12.1 Å². The lowest BCUT2D eigenvalue weighted by Crippen LogP contribution is -2.21. The average Bonchev–Trinajstić information content (AvgIpc) is 2.94. The van der Waals surface area contributed by atoms with Gasteiger partial charge >= 0.3 is 6.18 Å². The third kappa shape index (κ3) is 3.44. The van der Waals surface area contributed by atoms with Crippen LogP contribution in [-0.4, -0.2) is 25.5 Å². The van der Waals surface area contributed by atoms with Crippen LogP contribution in [-0.2, 0) is 37.4 Å². The minimum absolute atomic E-state index is 0.241. The second-order valence-electron chi connectivity index (χ2n) is 5.91. The van der Waals surface area contributed by atoms with Crippen LogP contribution >= 0.6 is 0 Å². The molecule has 0 spiro atoms. The Balaban J connectivity index is 1.84. The van der Waals surface area contributed by atoms with E-state index in [0.717, 1.165) is 12.8 Å². The van der Waals surface area contributed by atoms with Crippen LogP contribution in [0.15, 0.2) is 12.3 Å². The minimum Gasteiger partial charge on any atom is -0.308 e. The van der Waals surface area contributed by atoms with Gasteiger partial charge in [-0.15, -0.1) is 0 Å². The van der Waals surface area contributed by atoms with E-state index in [1.807, 2.05) is 0 Å². The number of hydrogen-bond acceptors (Lipinski definition) is 3. The number of nitrogens with one attached hydrogen (secondary N) is 1. The van der Waals surface area contributed by atoms with Gasteiger partial charge < -0.3 is 5.32 Å². The Hall–Kier alpha value is -2.32. The van der Waals surface area contributed by atoms with Crippen molar-refractivity contribution in [3.8, 4) is 0 Å². The Morgan fingerprint density at radius 1 is 1.25 bits per heavy atom. The van der Waals surface area contributed by atoms with Crippen molar-refractivity contribution in [1.82, 2.24) is 19.6 Å².